The molecule has 2 aromatic rings. The van der Waals surface area contributed by atoms with Gasteiger partial charge >= 0.3 is 0 Å². The highest BCUT2D eigenvalue weighted by atomic mass is 35.5. The lowest BCUT2D eigenvalue weighted by atomic mass is 9.90. The van der Waals surface area contributed by atoms with Crippen LogP contribution in [-0.4, -0.2) is 34.1 Å². The van der Waals surface area contributed by atoms with E-state index < -0.39 is 0 Å². The molecule has 1 aliphatic carbocycles. The van der Waals surface area contributed by atoms with Crippen molar-refractivity contribution < 1.29 is 0 Å². The summed E-state index contributed by atoms with van der Waals surface area (Å²) in [5, 5.41) is 3.58. The second-order valence-electron chi connectivity index (χ2n) is 6.77. The molecule has 1 saturated heterocycles. The van der Waals surface area contributed by atoms with Gasteiger partial charge in [-0.25, -0.2) is 0 Å². The van der Waals surface area contributed by atoms with Gasteiger partial charge in [0, 0.05) is 19.1 Å². The summed E-state index contributed by atoms with van der Waals surface area (Å²) >= 11 is 6.08. The van der Waals surface area contributed by atoms with Crippen LogP contribution in [0.2, 0.25) is 5.28 Å². The molecule has 1 aromatic heterocycles. The molecule has 24 heavy (non-hydrogen) atoms. The number of halogens is 1. The Morgan fingerprint density at radius 3 is 2.46 bits per heavy atom. The fourth-order valence-corrected chi connectivity index (χ4v) is 3.40. The Morgan fingerprint density at radius 1 is 1.00 bits per heavy atom. The molecule has 5 nitrogen and oxygen atoms in total. The van der Waals surface area contributed by atoms with E-state index in [4.69, 9.17) is 11.6 Å². The lowest BCUT2D eigenvalue weighted by molar-refractivity contribution is 0.400. The number of rotatable bonds is 5. The van der Waals surface area contributed by atoms with E-state index in [9.17, 15) is 0 Å². The topological polar surface area (TPSA) is 53.9 Å². The average Bonchev–Trinajstić information content (AvgIpc) is 3.40. The van der Waals surface area contributed by atoms with Crippen molar-refractivity contribution in [2.24, 2.45) is 5.92 Å². The summed E-state index contributed by atoms with van der Waals surface area (Å²) in [5.41, 5.74) is 1.43. The molecule has 0 unspecified atom stereocenters. The summed E-state index contributed by atoms with van der Waals surface area (Å²) in [5.74, 6) is 2.04. The molecule has 1 aromatic carbocycles. The average molecular weight is 344 g/mol. The first-order valence-electron chi connectivity index (χ1n) is 8.73. The SMILES string of the molecule is Clc1nc(NC2CC2)nc(N2CCC(Cc3ccccc3)CC2)n1. The first-order chi connectivity index (χ1) is 11.8. The molecule has 0 spiro atoms. The van der Waals surface area contributed by atoms with Crippen molar-refractivity contribution in [3.8, 4) is 0 Å². The van der Waals surface area contributed by atoms with Crippen LogP contribution in [0.25, 0.3) is 0 Å². The van der Waals surface area contributed by atoms with Gasteiger partial charge in [0.15, 0.2) is 0 Å². The van der Waals surface area contributed by atoms with Gasteiger partial charge in [-0.1, -0.05) is 30.3 Å². The van der Waals surface area contributed by atoms with E-state index in [0.29, 0.717) is 17.9 Å². The molecule has 6 heteroatoms. The van der Waals surface area contributed by atoms with E-state index in [-0.39, 0.29) is 5.28 Å². The van der Waals surface area contributed by atoms with Crippen molar-refractivity contribution in [1.29, 1.82) is 0 Å². The molecule has 1 N–H and O–H groups in total. The molecule has 2 aliphatic rings. The number of hydrogen-bond donors (Lipinski definition) is 1. The third-order valence-electron chi connectivity index (χ3n) is 4.77. The van der Waals surface area contributed by atoms with E-state index in [1.54, 1.807) is 0 Å². The molecule has 0 atom stereocenters. The number of aromatic nitrogens is 3. The summed E-state index contributed by atoms with van der Waals surface area (Å²) in [7, 11) is 0. The summed E-state index contributed by atoms with van der Waals surface area (Å²) < 4.78 is 0. The summed E-state index contributed by atoms with van der Waals surface area (Å²) in [4.78, 5) is 15.3. The number of anilines is 2. The number of benzene rings is 1. The van der Waals surface area contributed by atoms with E-state index in [1.807, 2.05) is 0 Å². The van der Waals surface area contributed by atoms with Gasteiger partial charge in [-0.2, -0.15) is 15.0 Å². The summed E-state index contributed by atoms with van der Waals surface area (Å²) in [6.45, 7) is 1.95. The predicted molar refractivity (Wildman–Crippen MR) is 96.6 cm³/mol. The predicted octanol–water partition coefficient (Wildman–Crippen LogP) is 3.56. The minimum absolute atomic E-state index is 0.273. The number of nitrogens with one attached hydrogen (secondary N) is 1. The minimum atomic E-state index is 0.273. The molecule has 1 aliphatic heterocycles. The van der Waals surface area contributed by atoms with Gasteiger partial charge in [0.1, 0.15) is 0 Å². The zero-order chi connectivity index (χ0) is 16.4. The minimum Gasteiger partial charge on any atom is -0.351 e. The van der Waals surface area contributed by atoms with Gasteiger partial charge in [0.25, 0.3) is 0 Å². The highest BCUT2D eigenvalue weighted by Gasteiger charge is 2.25. The lowest BCUT2D eigenvalue weighted by Gasteiger charge is -2.32. The van der Waals surface area contributed by atoms with Gasteiger partial charge in [-0.3, -0.25) is 0 Å². The van der Waals surface area contributed by atoms with Gasteiger partial charge < -0.3 is 10.2 Å². The molecule has 126 valence electrons. The van der Waals surface area contributed by atoms with Crippen molar-refractivity contribution in [3.63, 3.8) is 0 Å². The Balaban J connectivity index is 1.37. The van der Waals surface area contributed by atoms with Crippen LogP contribution in [0.15, 0.2) is 30.3 Å². The zero-order valence-corrected chi connectivity index (χ0v) is 14.4. The van der Waals surface area contributed by atoms with Crippen molar-refractivity contribution in [2.75, 3.05) is 23.3 Å². The Bertz CT molecular complexity index is 681. The highest BCUT2D eigenvalue weighted by Crippen LogP contribution is 2.27. The maximum atomic E-state index is 6.08. The Morgan fingerprint density at radius 2 is 1.75 bits per heavy atom. The first kappa shape index (κ1) is 15.6. The molecular weight excluding hydrogens is 322 g/mol. The van der Waals surface area contributed by atoms with E-state index in [0.717, 1.165) is 38.3 Å². The van der Waals surface area contributed by atoms with Crippen molar-refractivity contribution >= 4 is 23.5 Å². The van der Waals surface area contributed by atoms with Crippen LogP contribution in [0, 0.1) is 5.92 Å². The van der Waals surface area contributed by atoms with Crippen molar-refractivity contribution in [2.45, 2.75) is 38.1 Å². The van der Waals surface area contributed by atoms with Gasteiger partial charge in [0.05, 0.1) is 0 Å². The summed E-state index contributed by atoms with van der Waals surface area (Å²) in [6, 6.07) is 11.2. The second kappa shape index (κ2) is 6.93. The van der Waals surface area contributed by atoms with Crippen LogP contribution in [0.1, 0.15) is 31.2 Å². The smallest absolute Gasteiger partial charge is 0.231 e. The second-order valence-corrected chi connectivity index (χ2v) is 7.10. The largest absolute Gasteiger partial charge is 0.351 e. The lowest BCUT2D eigenvalue weighted by Crippen LogP contribution is -2.35. The monoisotopic (exact) mass is 343 g/mol. The Hall–Kier alpha value is -1.88. The number of piperidine rings is 1. The Labute approximate surface area is 147 Å². The fourth-order valence-electron chi connectivity index (χ4n) is 3.24. The van der Waals surface area contributed by atoms with Crippen LogP contribution in [0.5, 0.6) is 0 Å². The molecule has 2 heterocycles. The van der Waals surface area contributed by atoms with Crippen LogP contribution in [-0.2, 0) is 6.42 Å². The fraction of sp³-hybridized carbons (Fsp3) is 0.500. The molecule has 1 saturated carbocycles. The number of nitrogens with zero attached hydrogens (tertiary/aromatic N) is 4. The molecule has 2 fully saturated rings. The quantitative estimate of drug-likeness (QED) is 0.899. The van der Waals surface area contributed by atoms with Crippen LogP contribution in [0.4, 0.5) is 11.9 Å². The van der Waals surface area contributed by atoms with E-state index in [2.05, 4.69) is 55.5 Å². The number of hydrogen-bond acceptors (Lipinski definition) is 5. The first-order valence-corrected chi connectivity index (χ1v) is 9.11. The maximum absolute atomic E-state index is 6.08. The molecule has 0 bridgehead atoms. The van der Waals surface area contributed by atoms with E-state index in [1.165, 1.54) is 18.4 Å². The van der Waals surface area contributed by atoms with Gasteiger partial charge in [-0.05, 0) is 55.2 Å². The van der Waals surface area contributed by atoms with Crippen LogP contribution in [0.3, 0.4) is 0 Å². The molecule has 0 radical (unpaired) electrons. The molecule has 0 amide bonds. The standard InChI is InChI=1S/C18H22ClN5/c19-16-21-17(20-15-6-7-15)23-18(22-16)24-10-8-14(9-11-24)12-13-4-2-1-3-5-13/h1-5,14-15H,6-12H2,(H,20,21,22,23). The van der Waals surface area contributed by atoms with Crippen molar-refractivity contribution in [3.05, 3.63) is 41.2 Å². The normalized spacial score (nSPS) is 18.6. The van der Waals surface area contributed by atoms with Crippen molar-refractivity contribution in [1.82, 2.24) is 15.0 Å². The summed E-state index contributed by atoms with van der Waals surface area (Å²) in [6.07, 6.45) is 5.83. The van der Waals surface area contributed by atoms with Crippen LogP contribution < -0.4 is 10.2 Å². The van der Waals surface area contributed by atoms with Crippen LogP contribution >= 0.6 is 11.6 Å². The third-order valence-corrected chi connectivity index (χ3v) is 4.94. The maximum Gasteiger partial charge on any atom is 0.231 e. The van der Waals surface area contributed by atoms with E-state index >= 15 is 0 Å². The van der Waals surface area contributed by atoms with Gasteiger partial charge in [-0.15, -0.1) is 0 Å². The molecular formula is C18H22ClN5. The Kier molecular flexibility index (Phi) is 4.52. The third kappa shape index (κ3) is 3.96. The zero-order valence-electron chi connectivity index (χ0n) is 13.7. The van der Waals surface area contributed by atoms with Gasteiger partial charge in [0.2, 0.25) is 17.2 Å². The molecule has 4 rings (SSSR count). The highest BCUT2D eigenvalue weighted by molar-refractivity contribution is 6.28.